The second kappa shape index (κ2) is 6.28. The van der Waals surface area contributed by atoms with Gasteiger partial charge in [0.2, 0.25) is 5.91 Å². The third-order valence-electron chi connectivity index (χ3n) is 4.27. The van der Waals surface area contributed by atoms with Gasteiger partial charge in [-0.2, -0.15) is 13.2 Å². The maximum absolute atomic E-state index is 12.8. The third kappa shape index (κ3) is 3.80. The topological polar surface area (TPSA) is 49.3 Å². The van der Waals surface area contributed by atoms with Crippen LogP contribution in [0, 0.1) is 5.41 Å². The lowest BCUT2D eigenvalue weighted by Crippen LogP contribution is -2.35. The summed E-state index contributed by atoms with van der Waals surface area (Å²) in [5.74, 6) is -0.904. The van der Waals surface area contributed by atoms with Gasteiger partial charge in [-0.25, -0.2) is 0 Å². The van der Waals surface area contributed by atoms with Crippen LogP contribution in [-0.2, 0) is 11.0 Å². The number of hydrogen-bond acceptors (Lipinski definition) is 2. The summed E-state index contributed by atoms with van der Waals surface area (Å²) < 4.78 is 38.3. The maximum atomic E-state index is 12.8. The smallest absolute Gasteiger partial charge is 0.396 e. The first-order valence-corrected chi connectivity index (χ1v) is 7.37. The summed E-state index contributed by atoms with van der Waals surface area (Å²) in [7, 11) is 0. The number of carbonyl (C=O) groups excluding carboxylic acids is 1. The highest BCUT2D eigenvalue weighted by atomic mass is 19.4. The molecule has 2 rings (SSSR count). The molecule has 1 aromatic carbocycles. The van der Waals surface area contributed by atoms with E-state index in [9.17, 15) is 23.1 Å². The Morgan fingerprint density at radius 3 is 2.59 bits per heavy atom. The van der Waals surface area contributed by atoms with Crippen LogP contribution < -0.4 is 5.32 Å². The average Bonchev–Trinajstić information content (AvgIpc) is 3.26. The molecule has 0 bridgehead atoms. The van der Waals surface area contributed by atoms with Crippen molar-refractivity contribution in [2.45, 2.75) is 38.3 Å². The summed E-state index contributed by atoms with van der Waals surface area (Å²) in [6.07, 6.45) is -2.27. The highest BCUT2D eigenvalue weighted by Crippen LogP contribution is 2.44. The van der Waals surface area contributed by atoms with E-state index in [1.165, 1.54) is 6.07 Å². The number of carbonyl (C=O) groups is 1. The second-order valence-corrected chi connectivity index (χ2v) is 5.96. The number of hydrogen-bond donors (Lipinski definition) is 2. The zero-order valence-corrected chi connectivity index (χ0v) is 12.4. The van der Waals surface area contributed by atoms with E-state index in [2.05, 4.69) is 5.32 Å². The van der Waals surface area contributed by atoms with Gasteiger partial charge in [0.05, 0.1) is 18.1 Å². The van der Waals surface area contributed by atoms with Gasteiger partial charge in [-0.05, 0) is 30.9 Å². The second-order valence-electron chi connectivity index (χ2n) is 5.96. The number of alkyl halides is 3. The first kappa shape index (κ1) is 16.8. The number of rotatable bonds is 6. The number of amides is 1. The summed E-state index contributed by atoms with van der Waals surface area (Å²) in [6, 6.07) is 4.90. The van der Waals surface area contributed by atoms with E-state index in [0.717, 1.165) is 25.0 Å². The lowest BCUT2D eigenvalue weighted by Gasteiger charge is -2.19. The molecule has 6 heteroatoms. The molecular formula is C16H20F3NO2. The predicted molar refractivity (Wildman–Crippen MR) is 76.2 cm³/mol. The number of nitrogens with one attached hydrogen (secondary N) is 1. The van der Waals surface area contributed by atoms with Crippen LogP contribution in [-0.4, -0.2) is 24.2 Å². The minimum Gasteiger partial charge on any atom is -0.396 e. The molecule has 1 atom stereocenters. The van der Waals surface area contributed by atoms with Crippen molar-refractivity contribution in [3.8, 4) is 0 Å². The Balaban J connectivity index is 2.09. The molecule has 1 aromatic rings. The van der Waals surface area contributed by atoms with Gasteiger partial charge in [0.1, 0.15) is 0 Å². The Bertz CT molecular complexity index is 538. The zero-order chi connectivity index (χ0) is 16.4. The van der Waals surface area contributed by atoms with Crippen LogP contribution in [0.3, 0.4) is 0 Å². The molecule has 1 aliphatic carbocycles. The minimum atomic E-state index is -4.42. The molecule has 0 spiro atoms. The van der Waals surface area contributed by atoms with Crippen LogP contribution in [0.2, 0.25) is 0 Å². The van der Waals surface area contributed by atoms with Crippen LogP contribution in [0.25, 0.3) is 0 Å². The number of halogens is 3. The number of aliphatic hydroxyl groups is 1. The van der Waals surface area contributed by atoms with E-state index in [1.54, 1.807) is 13.0 Å². The SMILES string of the molecule is CCC(C(=O)NCC1(CO)CC1)c1cccc(C(F)(F)F)c1. The Hall–Kier alpha value is -1.56. The van der Waals surface area contributed by atoms with Gasteiger partial charge in [0, 0.05) is 12.0 Å². The van der Waals surface area contributed by atoms with Gasteiger partial charge in [0.15, 0.2) is 0 Å². The molecule has 1 unspecified atom stereocenters. The third-order valence-corrected chi connectivity index (χ3v) is 4.27. The first-order chi connectivity index (χ1) is 10.3. The van der Waals surface area contributed by atoms with Gasteiger partial charge in [-0.1, -0.05) is 25.1 Å². The van der Waals surface area contributed by atoms with Crippen LogP contribution >= 0.6 is 0 Å². The Kier molecular flexibility index (Phi) is 4.80. The maximum Gasteiger partial charge on any atom is 0.416 e. The van der Waals surface area contributed by atoms with Gasteiger partial charge >= 0.3 is 6.18 Å². The fourth-order valence-electron chi connectivity index (χ4n) is 2.47. The monoisotopic (exact) mass is 315 g/mol. The highest BCUT2D eigenvalue weighted by molar-refractivity contribution is 5.83. The molecule has 2 N–H and O–H groups in total. The van der Waals surface area contributed by atoms with Crippen molar-refractivity contribution in [1.29, 1.82) is 0 Å². The van der Waals surface area contributed by atoms with Crippen LogP contribution in [0.1, 0.15) is 43.2 Å². The summed E-state index contributed by atoms with van der Waals surface area (Å²) in [4.78, 5) is 12.3. The number of benzene rings is 1. The van der Waals surface area contributed by atoms with Crippen molar-refractivity contribution in [3.05, 3.63) is 35.4 Å². The van der Waals surface area contributed by atoms with Gasteiger partial charge in [0.25, 0.3) is 0 Å². The van der Waals surface area contributed by atoms with Gasteiger partial charge in [-0.15, -0.1) is 0 Å². The molecular weight excluding hydrogens is 295 g/mol. The molecule has 3 nitrogen and oxygen atoms in total. The standard InChI is InChI=1S/C16H20F3NO2/c1-2-13(14(22)20-9-15(10-21)6-7-15)11-4-3-5-12(8-11)16(17,18)19/h3-5,8,13,21H,2,6-7,9-10H2,1H3,(H,20,22). The van der Waals surface area contributed by atoms with Crippen molar-refractivity contribution in [1.82, 2.24) is 5.32 Å². The van der Waals surface area contributed by atoms with E-state index in [0.29, 0.717) is 18.5 Å². The molecule has 1 amide bonds. The van der Waals surface area contributed by atoms with Crippen molar-refractivity contribution in [3.63, 3.8) is 0 Å². The van der Waals surface area contributed by atoms with E-state index in [4.69, 9.17) is 0 Å². The van der Waals surface area contributed by atoms with Crippen molar-refractivity contribution in [2.24, 2.45) is 5.41 Å². The average molecular weight is 315 g/mol. The fourth-order valence-corrected chi connectivity index (χ4v) is 2.47. The molecule has 1 fully saturated rings. The largest absolute Gasteiger partial charge is 0.416 e. The first-order valence-electron chi connectivity index (χ1n) is 7.37. The van der Waals surface area contributed by atoms with E-state index >= 15 is 0 Å². The van der Waals surface area contributed by atoms with E-state index in [1.807, 2.05) is 0 Å². The normalized spacial score (nSPS) is 17.9. The molecule has 1 saturated carbocycles. The van der Waals surface area contributed by atoms with Crippen molar-refractivity contribution >= 4 is 5.91 Å². The zero-order valence-electron chi connectivity index (χ0n) is 12.4. The molecule has 0 heterocycles. The predicted octanol–water partition coefficient (Wildman–Crippen LogP) is 3.09. The van der Waals surface area contributed by atoms with Crippen LogP contribution in [0.4, 0.5) is 13.2 Å². The molecule has 122 valence electrons. The van der Waals surface area contributed by atoms with Gasteiger partial charge < -0.3 is 10.4 Å². The molecule has 0 aliphatic heterocycles. The van der Waals surface area contributed by atoms with Crippen molar-refractivity contribution < 1.29 is 23.1 Å². The number of aliphatic hydroxyl groups excluding tert-OH is 1. The minimum absolute atomic E-state index is 0.0215. The summed E-state index contributed by atoms with van der Waals surface area (Å²) in [5.41, 5.74) is -0.601. The Morgan fingerprint density at radius 1 is 1.41 bits per heavy atom. The molecule has 0 saturated heterocycles. The highest BCUT2D eigenvalue weighted by Gasteiger charge is 2.42. The molecule has 0 aromatic heterocycles. The lowest BCUT2D eigenvalue weighted by molar-refractivity contribution is -0.137. The molecule has 0 radical (unpaired) electrons. The van der Waals surface area contributed by atoms with Gasteiger partial charge in [-0.3, -0.25) is 4.79 Å². The summed E-state index contributed by atoms with van der Waals surface area (Å²) in [5, 5.41) is 12.0. The quantitative estimate of drug-likeness (QED) is 0.847. The van der Waals surface area contributed by atoms with E-state index in [-0.39, 0.29) is 17.9 Å². The fraction of sp³-hybridized carbons (Fsp3) is 0.562. The molecule has 22 heavy (non-hydrogen) atoms. The summed E-state index contributed by atoms with van der Waals surface area (Å²) >= 11 is 0. The lowest BCUT2D eigenvalue weighted by atomic mass is 9.93. The summed E-state index contributed by atoms with van der Waals surface area (Å²) in [6.45, 7) is 2.16. The molecule has 1 aliphatic rings. The van der Waals surface area contributed by atoms with E-state index < -0.39 is 17.7 Å². The van der Waals surface area contributed by atoms with Crippen LogP contribution in [0.5, 0.6) is 0 Å². The Morgan fingerprint density at radius 2 is 2.09 bits per heavy atom. The van der Waals surface area contributed by atoms with Crippen LogP contribution in [0.15, 0.2) is 24.3 Å². The Labute approximate surface area is 127 Å². The van der Waals surface area contributed by atoms with Crippen molar-refractivity contribution in [2.75, 3.05) is 13.2 Å².